The minimum Gasteiger partial charge on any atom is -0.397 e. The zero-order chi connectivity index (χ0) is 12.4. The van der Waals surface area contributed by atoms with Crippen LogP contribution in [0, 0.1) is 0 Å². The number of nitrogen functional groups attached to an aromatic ring is 1. The van der Waals surface area contributed by atoms with Gasteiger partial charge in [-0.05, 0) is 33.4 Å². The second-order valence-electron chi connectivity index (χ2n) is 3.15. The summed E-state index contributed by atoms with van der Waals surface area (Å²) in [6, 6.07) is 3.34. The maximum atomic E-state index is 11.9. The number of carbonyl (C=O) groups excluding carboxylic acids is 1. The van der Waals surface area contributed by atoms with Crippen LogP contribution in [0.5, 0.6) is 0 Å². The number of nitrogens with one attached hydrogen (secondary N) is 1. The van der Waals surface area contributed by atoms with Crippen LogP contribution in [0.15, 0.2) is 28.2 Å². The molecule has 2 aromatic heterocycles. The number of hydrogen-bond acceptors (Lipinski definition) is 4. The average Bonchev–Trinajstić information content (AvgIpc) is 2.68. The van der Waals surface area contributed by atoms with Crippen LogP contribution < -0.4 is 11.1 Å². The number of anilines is 2. The molecule has 2 aromatic rings. The molecule has 7 heteroatoms. The van der Waals surface area contributed by atoms with Gasteiger partial charge in [-0.1, -0.05) is 11.6 Å². The van der Waals surface area contributed by atoms with E-state index >= 15 is 0 Å². The molecule has 3 N–H and O–H groups in total. The molecular weight excluding hydrogens is 326 g/mol. The van der Waals surface area contributed by atoms with Crippen LogP contribution in [0.2, 0.25) is 5.02 Å². The van der Waals surface area contributed by atoms with Gasteiger partial charge in [0.25, 0.3) is 5.91 Å². The van der Waals surface area contributed by atoms with Crippen molar-refractivity contribution in [1.82, 2.24) is 4.98 Å². The van der Waals surface area contributed by atoms with E-state index in [1.54, 1.807) is 17.5 Å². The fraction of sp³-hybridized carbons (Fsp3) is 0. The maximum Gasteiger partial charge on any atom is 0.268 e. The van der Waals surface area contributed by atoms with E-state index in [4.69, 9.17) is 17.3 Å². The molecule has 0 bridgehead atoms. The van der Waals surface area contributed by atoms with Crippen LogP contribution >= 0.6 is 38.9 Å². The summed E-state index contributed by atoms with van der Waals surface area (Å²) >= 11 is 10.4. The van der Waals surface area contributed by atoms with Gasteiger partial charge in [-0.3, -0.25) is 4.79 Å². The van der Waals surface area contributed by atoms with E-state index in [0.29, 0.717) is 25.9 Å². The molecule has 2 rings (SSSR count). The van der Waals surface area contributed by atoms with Gasteiger partial charge in [-0.2, -0.15) is 0 Å². The zero-order valence-electron chi connectivity index (χ0n) is 8.41. The van der Waals surface area contributed by atoms with Crippen molar-refractivity contribution < 1.29 is 4.79 Å². The number of aromatic nitrogens is 1. The van der Waals surface area contributed by atoms with Crippen LogP contribution in [-0.4, -0.2) is 10.9 Å². The summed E-state index contributed by atoms with van der Waals surface area (Å²) in [6.45, 7) is 0. The SMILES string of the molecule is Nc1cnc(NC(=O)c2sccc2Cl)c(Br)c1. The Balaban J connectivity index is 2.22. The fourth-order valence-corrected chi connectivity index (χ4v) is 2.67. The van der Waals surface area contributed by atoms with E-state index in [9.17, 15) is 4.79 Å². The monoisotopic (exact) mass is 331 g/mol. The van der Waals surface area contributed by atoms with E-state index in [-0.39, 0.29) is 5.91 Å². The number of pyridine rings is 1. The lowest BCUT2D eigenvalue weighted by Crippen LogP contribution is -2.12. The van der Waals surface area contributed by atoms with Crippen molar-refractivity contribution in [2.75, 3.05) is 11.1 Å². The molecule has 0 aliphatic heterocycles. The van der Waals surface area contributed by atoms with Crippen LogP contribution in [0.1, 0.15) is 9.67 Å². The highest BCUT2D eigenvalue weighted by molar-refractivity contribution is 9.10. The molecule has 0 spiro atoms. The van der Waals surface area contributed by atoms with E-state index in [1.807, 2.05) is 0 Å². The number of amides is 1. The van der Waals surface area contributed by atoms with Crippen molar-refractivity contribution in [1.29, 1.82) is 0 Å². The number of carbonyl (C=O) groups is 1. The number of halogens is 2. The average molecular weight is 333 g/mol. The van der Waals surface area contributed by atoms with Crippen molar-refractivity contribution in [3.8, 4) is 0 Å². The molecule has 0 aromatic carbocycles. The van der Waals surface area contributed by atoms with Crippen molar-refractivity contribution in [2.24, 2.45) is 0 Å². The fourth-order valence-electron chi connectivity index (χ4n) is 1.16. The number of thiophene rings is 1. The highest BCUT2D eigenvalue weighted by Crippen LogP contribution is 2.26. The van der Waals surface area contributed by atoms with E-state index in [2.05, 4.69) is 26.2 Å². The van der Waals surface area contributed by atoms with Gasteiger partial charge in [0.15, 0.2) is 0 Å². The number of hydrogen-bond donors (Lipinski definition) is 2. The molecule has 1 amide bonds. The number of nitrogens with zero attached hydrogens (tertiary/aromatic N) is 1. The van der Waals surface area contributed by atoms with Gasteiger partial charge < -0.3 is 11.1 Å². The Bertz CT molecular complexity index is 572. The first-order chi connectivity index (χ1) is 8.08. The third-order valence-electron chi connectivity index (χ3n) is 1.92. The molecular formula is C10H7BrClN3OS. The predicted octanol–water partition coefficient (Wildman–Crippen LogP) is 3.39. The Kier molecular flexibility index (Phi) is 3.66. The third-order valence-corrected chi connectivity index (χ3v) is 3.86. The Morgan fingerprint density at radius 3 is 2.94 bits per heavy atom. The molecule has 0 saturated carbocycles. The second-order valence-corrected chi connectivity index (χ2v) is 5.33. The Hall–Kier alpha value is -1.11. The van der Waals surface area contributed by atoms with E-state index in [1.165, 1.54) is 17.5 Å². The van der Waals surface area contributed by atoms with Crippen LogP contribution in [-0.2, 0) is 0 Å². The van der Waals surface area contributed by atoms with Gasteiger partial charge in [-0.15, -0.1) is 11.3 Å². The predicted molar refractivity (Wildman–Crippen MR) is 73.6 cm³/mol. The van der Waals surface area contributed by atoms with Crippen molar-refractivity contribution in [3.63, 3.8) is 0 Å². The first-order valence-electron chi connectivity index (χ1n) is 4.53. The second kappa shape index (κ2) is 5.03. The lowest BCUT2D eigenvalue weighted by molar-refractivity contribution is 0.103. The lowest BCUT2D eigenvalue weighted by Gasteiger charge is -2.05. The van der Waals surface area contributed by atoms with Gasteiger partial charge in [0.1, 0.15) is 10.7 Å². The largest absolute Gasteiger partial charge is 0.397 e. The normalized spacial score (nSPS) is 10.2. The molecule has 0 aliphatic rings. The molecule has 2 heterocycles. The summed E-state index contributed by atoms with van der Waals surface area (Å²) in [5.41, 5.74) is 6.07. The van der Waals surface area contributed by atoms with Crippen LogP contribution in [0.25, 0.3) is 0 Å². The Labute approximate surface area is 115 Å². The molecule has 0 atom stereocenters. The van der Waals surface area contributed by atoms with E-state index < -0.39 is 0 Å². The van der Waals surface area contributed by atoms with E-state index in [0.717, 1.165) is 0 Å². The van der Waals surface area contributed by atoms with Gasteiger partial charge in [0.05, 0.1) is 21.4 Å². The smallest absolute Gasteiger partial charge is 0.268 e. The highest BCUT2D eigenvalue weighted by Gasteiger charge is 2.13. The lowest BCUT2D eigenvalue weighted by atomic mass is 10.4. The first kappa shape index (κ1) is 12.3. The maximum absolute atomic E-state index is 11.9. The van der Waals surface area contributed by atoms with Gasteiger partial charge >= 0.3 is 0 Å². The molecule has 4 nitrogen and oxygen atoms in total. The minimum absolute atomic E-state index is 0.289. The van der Waals surface area contributed by atoms with Crippen molar-refractivity contribution in [2.45, 2.75) is 0 Å². The summed E-state index contributed by atoms with van der Waals surface area (Å²) in [6.07, 6.45) is 1.47. The topological polar surface area (TPSA) is 68.0 Å². The number of rotatable bonds is 2. The van der Waals surface area contributed by atoms with Gasteiger partial charge in [0, 0.05) is 0 Å². The zero-order valence-corrected chi connectivity index (χ0v) is 11.6. The molecule has 0 aliphatic carbocycles. The summed E-state index contributed by atoms with van der Waals surface area (Å²) in [7, 11) is 0. The van der Waals surface area contributed by atoms with Gasteiger partial charge in [-0.25, -0.2) is 4.98 Å². The molecule has 17 heavy (non-hydrogen) atoms. The molecule has 0 fully saturated rings. The summed E-state index contributed by atoms with van der Waals surface area (Å²) in [5, 5.41) is 4.84. The van der Waals surface area contributed by atoms with Crippen molar-refractivity contribution >= 4 is 56.3 Å². The first-order valence-corrected chi connectivity index (χ1v) is 6.58. The molecule has 0 saturated heterocycles. The van der Waals surface area contributed by atoms with Crippen LogP contribution in [0.3, 0.4) is 0 Å². The molecule has 0 unspecified atom stereocenters. The Morgan fingerprint density at radius 2 is 2.35 bits per heavy atom. The third kappa shape index (κ3) is 2.77. The number of nitrogens with two attached hydrogens (primary N) is 1. The summed E-state index contributed by atoms with van der Waals surface area (Å²) < 4.78 is 0.624. The van der Waals surface area contributed by atoms with Crippen LogP contribution in [0.4, 0.5) is 11.5 Å². The summed E-state index contributed by atoms with van der Waals surface area (Å²) in [5.74, 6) is 0.122. The quantitative estimate of drug-likeness (QED) is 0.885. The molecule has 0 radical (unpaired) electrons. The minimum atomic E-state index is -0.289. The standard InChI is InChI=1S/C10H7BrClN3OS/c11-6-3-5(13)4-14-9(6)15-10(16)8-7(12)1-2-17-8/h1-4H,13H2,(H,14,15,16). The highest BCUT2D eigenvalue weighted by atomic mass is 79.9. The molecule has 88 valence electrons. The van der Waals surface area contributed by atoms with Gasteiger partial charge in [0.2, 0.25) is 0 Å². The van der Waals surface area contributed by atoms with Crippen molar-refractivity contribution in [3.05, 3.63) is 38.1 Å². The Morgan fingerprint density at radius 1 is 1.59 bits per heavy atom. The summed E-state index contributed by atoms with van der Waals surface area (Å²) in [4.78, 5) is 16.3.